The highest BCUT2D eigenvalue weighted by atomic mass is 79.9. The van der Waals surface area contributed by atoms with Gasteiger partial charge in [0.2, 0.25) is 0 Å². The molecule has 1 fully saturated rings. The lowest BCUT2D eigenvalue weighted by Gasteiger charge is -2.32. The first-order valence-corrected chi connectivity index (χ1v) is 6.45. The van der Waals surface area contributed by atoms with Gasteiger partial charge in [0.15, 0.2) is 0 Å². The molecule has 1 aromatic heterocycles. The fourth-order valence-electron chi connectivity index (χ4n) is 2.14. The van der Waals surface area contributed by atoms with Crippen molar-refractivity contribution in [1.29, 1.82) is 0 Å². The van der Waals surface area contributed by atoms with Crippen LogP contribution in [0.3, 0.4) is 0 Å². The summed E-state index contributed by atoms with van der Waals surface area (Å²) in [5.41, 5.74) is 0. The highest BCUT2D eigenvalue weighted by molar-refractivity contribution is 9.10. The SMILES string of the molecule is COCC1CCN(c2cccc(Br)n2)CC1. The molecule has 16 heavy (non-hydrogen) atoms. The Hall–Kier alpha value is -0.610. The van der Waals surface area contributed by atoms with Crippen LogP contribution in [0.5, 0.6) is 0 Å². The van der Waals surface area contributed by atoms with Gasteiger partial charge in [-0.05, 0) is 46.8 Å². The zero-order valence-corrected chi connectivity index (χ0v) is 11.1. The minimum Gasteiger partial charge on any atom is -0.384 e. The predicted octanol–water partition coefficient (Wildman–Crippen LogP) is 2.71. The normalized spacial score (nSPS) is 17.8. The molecule has 2 rings (SSSR count). The van der Waals surface area contributed by atoms with E-state index >= 15 is 0 Å². The Morgan fingerprint density at radius 2 is 2.19 bits per heavy atom. The van der Waals surface area contributed by atoms with Gasteiger partial charge in [-0.15, -0.1) is 0 Å². The van der Waals surface area contributed by atoms with E-state index in [0.29, 0.717) is 5.92 Å². The summed E-state index contributed by atoms with van der Waals surface area (Å²) in [5.74, 6) is 1.79. The van der Waals surface area contributed by atoms with Crippen LogP contribution < -0.4 is 4.90 Å². The summed E-state index contributed by atoms with van der Waals surface area (Å²) in [5, 5.41) is 0. The number of anilines is 1. The maximum Gasteiger partial charge on any atom is 0.129 e. The van der Waals surface area contributed by atoms with Crippen LogP contribution in [-0.2, 0) is 4.74 Å². The van der Waals surface area contributed by atoms with Gasteiger partial charge >= 0.3 is 0 Å². The van der Waals surface area contributed by atoms with E-state index in [1.54, 1.807) is 7.11 Å². The van der Waals surface area contributed by atoms with Crippen LogP contribution in [0.2, 0.25) is 0 Å². The Morgan fingerprint density at radius 1 is 1.44 bits per heavy atom. The Kier molecular flexibility index (Phi) is 4.18. The van der Waals surface area contributed by atoms with Gasteiger partial charge < -0.3 is 9.64 Å². The number of nitrogens with zero attached hydrogens (tertiary/aromatic N) is 2. The molecule has 0 unspecified atom stereocenters. The van der Waals surface area contributed by atoms with Gasteiger partial charge in [0, 0.05) is 26.8 Å². The summed E-state index contributed by atoms with van der Waals surface area (Å²) in [6, 6.07) is 6.07. The van der Waals surface area contributed by atoms with Crippen LogP contribution >= 0.6 is 15.9 Å². The van der Waals surface area contributed by atoms with Crippen molar-refractivity contribution in [3.8, 4) is 0 Å². The molecule has 0 spiro atoms. The summed E-state index contributed by atoms with van der Waals surface area (Å²) in [6.07, 6.45) is 2.39. The first kappa shape index (κ1) is 11.9. The number of halogens is 1. The predicted molar refractivity (Wildman–Crippen MR) is 68.8 cm³/mol. The van der Waals surface area contributed by atoms with Crippen molar-refractivity contribution in [2.75, 3.05) is 31.7 Å². The third-order valence-electron chi connectivity index (χ3n) is 3.04. The second-order valence-electron chi connectivity index (χ2n) is 4.20. The second kappa shape index (κ2) is 5.64. The Bertz CT molecular complexity index is 338. The van der Waals surface area contributed by atoms with E-state index in [-0.39, 0.29) is 0 Å². The van der Waals surface area contributed by atoms with Crippen molar-refractivity contribution < 1.29 is 4.74 Å². The quantitative estimate of drug-likeness (QED) is 0.798. The van der Waals surface area contributed by atoms with Gasteiger partial charge in [-0.25, -0.2) is 4.98 Å². The summed E-state index contributed by atoms with van der Waals surface area (Å²) in [6.45, 7) is 3.05. The molecule has 1 saturated heterocycles. The third-order valence-corrected chi connectivity index (χ3v) is 3.48. The van der Waals surface area contributed by atoms with Gasteiger partial charge in [-0.3, -0.25) is 0 Å². The molecule has 0 radical (unpaired) electrons. The van der Waals surface area contributed by atoms with Crippen LogP contribution in [-0.4, -0.2) is 31.8 Å². The zero-order chi connectivity index (χ0) is 11.4. The lowest BCUT2D eigenvalue weighted by Crippen LogP contribution is -2.35. The van der Waals surface area contributed by atoms with Crippen LogP contribution in [0, 0.1) is 5.92 Å². The van der Waals surface area contributed by atoms with E-state index in [2.05, 4.69) is 31.9 Å². The lowest BCUT2D eigenvalue weighted by molar-refractivity contribution is 0.139. The summed E-state index contributed by atoms with van der Waals surface area (Å²) >= 11 is 3.41. The fraction of sp³-hybridized carbons (Fsp3) is 0.583. The summed E-state index contributed by atoms with van der Waals surface area (Å²) in [4.78, 5) is 6.82. The van der Waals surface area contributed by atoms with Crippen LogP contribution in [0.4, 0.5) is 5.82 Å². The van der Waals surface area contributed by atoms with Crippen LogP contribution in [0.25, 0.3) is 0 Å². The number of hydrogen-bond acceptors (Lipinski definition) is 3. The number of rotatable bonds is 3. The van der Waals surface area contributed by atoms with E-state index in [1.807, 2.05) is 12.1 Å². The molecule has 0 bridgehead atoms. The number of piperidine rings is 1. The first-order valence-electron chi connectivity index (χ1n) is 5.66. The van der Waals surface area contributed by atoms with Crippen molar-refractivity contribution in [2.24, 2.45) is 5.92 Å². The van der Waals surface area contributed by atoms with Crippen molar-refractivity contribution in [3.63, 3.8) is 0 Å². The number of hydrogen-bond donors (Lipinski definition) is 0. The van der Waals surface area contributed by atoms with Gasteiger partial charge in [0.05, 0.1) is 0 Å². The number of aromatic nitrogens is 1. The van der Waals surface area contributed by atoms with Crippen molar-refractivity contribution >= 4 is 21.7 Å². The van der Waals surface area contributed by atoms with E-state index in [4.69, 9.17) is 4.74 Å². The molecule has 88 valence electrons. The first-order chi connectivity index (χ1) is 7.79. The molecule has 1 aromatic rings. The lowest BCUT2D eigenvalue weighted by atomic mass is 9.98. The molecule has 1 aliphatic rings. The van der Waals surface area contributed by atoms with E-state index in [9.17, 15) is 0 Å². The zero-order valence-electron chi connectivity index (χ0n) is 9.53. The number of pyridine rings is 1. The van der Waals surface area contributed by atoms with Crippen molar-refractivity contribution in [3.05, 3.63) is 22.8 Å². The van der Waals surface area contributed by atoms with Gasteiger partial charge in [0.1, 0.15) is 10.4 Å². The molecule has 0 amide bonds. The Morgan fingerprint density at radius 3 is 2.81 bits per heavy atom. The smallest absolute Gasteiger partial charge is 0.129 e. The highest BCUT2D eigenvalue weighted by Crippen LogP contribution is 2.22. The Balaban J connectivity index is 1.94. The molecular weight excluding hydrogens is 268 g/mol. The Labute approximate surface area is 105 Å². The van der Waals surface area contributed by atoms with Gasteiger partial charge in [-0.2, -0.15) is 0 Å². The highest BCUT2D eigenvalue weighted by Gasteiger charge is 2.19. The molecular formula is C12H17BrN2O. The number of methoxy groups -OCH3 is 1. The average molecular weight is 285 g/mol. The molecule has 0 N–H and O–H groups in total. The molecule has 3 nitrogen and oxygen atoms in total. The molecule has 0 aliphatic carbocycles. The molecule has 4 heteroatoms. The standard InChI is InChI=1S/C12H17BrN2O/c1-16-9-10-5-7-15(8-6-10)12-4-2-3-11(13)14-12/h2-4,10H,5-9H2,1H3. The minimum atomic E-state index is 0.716. The summed E-state index contributed by atoms with van der Waals surface area (Å²) in [7, 11) is 1.78. The van der Waals surface area contributed by atoms with Gasteiger partial charge in [-0.1, -0.05) is 6.07 Å². The third kappa shape index (κ3) is 2.95. The molecule has 0 aromatic carbocycles. The van der Waals surface area contributed by atoms with E-state index < -0.39 is 0 Å². The second-order valence-corrected chi connectivity index (χ2v) is 5.02. The summed E-state index contributed by atoms with van der Waals surface area (Å²) < 4.78 is 6.11. The van der Waals surface area contributed by atoms with E-state index in [1.165, 1.54) is 12.8 Å². The molecule has 0 saturated carbocycles. The molecule has 1 aliphatic heterocycles. The maximum atomic E-state index is 5.20. The number of ether oxygens (including phenoxy) is 1. The van der Waals surface area contributed by atoms with E-state index in [0.717, 1.165) is 30.1 Å². The minimum absolute atomic E-state index is 0.716. The average Bonchev–Trinajstić information content (AvgIpc) is 2.30. The van der Waals surface area contributed by atoms with Crippen LogP contribution in [0.15, 0.2) is 22.8 Å². The monoisotopic (exact) mass is 284 g/mol. The molecule has 2 heterocycles. The fourth-order valence-corrected chi connectivity index (χ4v) is 2.47. The van der Waals surface area contributed by atoms with Crippen LogP contribution in [0.1, 0.15) is 12.8 Å². The largest absolute Gasteiger partial charge is 0.384 e. The molecule has 0 atom stereocenters. The maximum absolute atomic E-state index is 5.20. The van der Waals surface area contributed by atoms with Crippen molar-refractivity contribution in [2.45, 2.75) is 12.8 Å². The van der Waals surface area contributed by atoms with Gasteiger partial charge in [0.25, 0.3) is 0 Å². The van der Waals surface area contributed by atoms with Crippen molar-refractivity contribution in [1.82, 2.24) is 4.98 Å². The topological polar surface area (TPSA) is 25.4 Å².